The number of amides is 2. The van der Waals surface area contributed by atoms with E-state index < -0.39 is 34.3 Å². The summed E-state index contributed by atoms with van der Waals surface area (Å²) in [5, 5.41) is 3.27. The largest absolute Gasteiger partial charge is 0.493 e. The number of nitrogens with one attached hydrogen (secondary N) is 1. The third-order valence-electron chi connectivity index (χ3n) is 6.71. The first kappa shape index (κ1) is 33.7. The molecule has 9 nitrogen and oxygen atoms in total. The van der Waals surface area contributed by atoms with Crippen LogP contribution in [0.5, 0.6) is 11.5 Å². The van der Waals surface area contributed by atoms with Crippen LogP contribution < -0.4 is 19.1 Å². The Hall–Kier alpha value is -3.83. The standard InChI is InChI=1S/C31H37ClFN3O6S/c1-6-27(31(38)34-18-21(2)3)35(19-22-9-7-8-10-26(22)32)30(37)20-36(24-13-11-23(33)12-14-24)43(39,40)25-15-16-28(41-4)29(17-25)42-5/h7-17,21,27H,6,18-20H2,1-5H3,(H,34,38)/t27-/m1/s1. The number of carbonyl (C=O) groups is 2. The molecule has 0 heterocycles. The molecule has 232 valence electrons. The van der Waals surface area contributed by atoms with Crippen molar-refractivity contribution in [3.63, 3.8) is 0 Å². The van der Waals surface area contributed by atoms with Gasteiger partial charge >= 0.3 is 0 Å². The van der Waals surface area contributed by atoms with Gasteiger partial charge in [0.05, 0.1) is 24.8 Å². The number of halogens is 2. The number of methoxy groups -OCH3 is 2. The summed E-state index contributed by atoms with van der Waals surface area (Å²) in [6.07, 6.45) is 0.263. The summed E-state index contributed by atoms with van der Waals surface area (Å²) in [6.45, 7) is 5.35. The van der Waals surface area contributed by atoms with E-state index in [4.69, 9.17) is 21.1 Å². The molecule has 0 fully saturated rings. The van der Waals surface area contributed by atoms with E-state index >= 15 is 0 Å². The topological polar surface area (TPSA) is 105 Å². The summed E-state index contributed by atoms with van der Waals surface area (Å²) in [6, 6.07) is 14.8. The number of ether oxygens (including phenoxy) is 2. The van der Waals surface area contributed by atoms with Crippen molar-refractivity contribution in [2.24, 2.45) is 5.92 Å². The molecule has 3 aromatic carbocycles. The fourth-order valence-corrected chi connectivity index (χ4v) is 6.02. The molecular weight excluding hydrogens is 597 g/mol. The first-order chi connectivity index (χ1) is 20.4. The van der Waals surface area contributed by atoms with Gasteiger partial charge in [0, 0.05) is 24.2 Å². The average molecular weight is 634 g/mol. The predicted octanol–water partition coefficient (Wildman–Crippen LogP) is 5.27. The van der Waals surface area contributed by atoms with Crippen LogP contribution >= 0.6 is 11.6 Å². The molecule has 0 saturated carbocycles. The Kier molecular flexibility index (Phi) is 11.8. The number of nitrogens with zero attached hydrogens (tertiary/aromatic N) is 2. The number of anilines is 1. The van der Waals surface area contributed by atoms with Gasteiger partial charge in [-0.2, -0.15) is 0 Å². The molecule has 3 rings (SSSR count). The first-order valence-corrected chi connectivity index (χ1v) is 15.6. The van der Waals surface area contributed by atoms with Gasteiger partial charge in [-0.15, -0.1) is 0 Å². The van der Waals surface area contributed by atoms with Gasteiger partial charge in [-0.3, -0.25) is 13.9 Å². The Morgan fingerprint density at radius 2 is 1.63 bits per heavy atom. The van der Waals surface area contributed by atoms with Gasteiger partial charge in [-0.25, -0.2) is 12.8 Å². The molecule has 0 unspecified atom stereocenters. The van der Waals surface area contributed by atoms with Crippen LogP contribution in [0.2, 0.25) is 5.02 Å². The third kappa shape index (κ3) is 8.39. The lowest BCUT2D eigenvalue weighted by atomic mass is 10.1. The maximum absolute atomic E-state index is 14.1. The Balaban J connectivity index is 2.09. The Labute approximate surface area is 257 Å². The first-order valence-electron chi connectivity index (χ1n) is 13.7. The lowest BCUT2D eigenvalue weighted by molar-refractivity contribution is -0.140. The molecule has 0 saturated heterocycles. The Bertz CT molecular complexity index is 1520. The summed E-state index contributed by atoms with van der Waals surface area (Å²) >= 11 is 6.42. The van der Waals surface area contributed by atoms with Crippen molar-refractivity contribution >= 4 is 39.1 Å². The summed E-state index contributed by atoms with van der Waals surface area (Å²) < 4.78 is 53.4. The van der Waals surface area contributed by atoms with E-state index in [1.165, 1.54) is 49.5 Å². The van der Waals surface area contributed by atoms with Crippen LogP contribution in [0.15, 0.2) is 71.6 Å². The molecule has 1 N–H and O–H groups in total. The van der Waals surface area contributed by atoms with Gasteiger partial charge in [-0.05, 0) is 60.4 Å². The molecule has 0 spiro atoms. The number of hydrogen-bond acceptors (Lipinski definition) is 6. The summed E-state index contributed by atoms with van der Waals surface area (Å²) in [5.41, 5.74) is 0.642. The van der Waals surface area contributed by atoms with E-state index in [1.54, 1.807) is 31.2 Å². The van der Waals surface area contributed by atoms with Crippen LogP contribution in [0, 0.1) is 11.7 Å². The maximum atomic E-state index is 14.1. The second-order valence-corrected chi connectivity index (χ2v) is 12.5. The predicted molar refractivity (Wildman–Crippen MR) is 164 cm³/mol. The van der Waals surface area contributed by atoms with Crippen molar-refractivity contribution in [1.29, 1.82) is 0 Å². The van der Waals surface area contributed by atoms with Crippen LogP contribution in [0.25, 0.3) is 0 Å². The zero-order chi connectivity index (χ0) is 31.7. The van der Waals surface area contributed by atoms with Gasteiger partial charge < -0.3 is 19.7 Å². The fourth-order valence-electron chi connectivity index (χ4n) is 4.39. The number of benzene rings is 3. The third-order valence-corrected chi connectivity index (χ3v) is 8.84. The molecule has 43 heavy (non-hydrogen) atoms. The van der Waals surface area contributed by atoms with Crippen LogP contribution in [-0.4, -0.2) is 58.5 Å². The molecular formula is C31H37ClFN3O6S. The van der Waals surface area contributed by atoms with Crippen LogP contribution in [0.4, 0.5) is 10.1 Å². The zero-order valence-corrected chi connectivity index (χ0v) is 26.4. The van der Waals surface area contributed by atoms with Crippen LogP contribution in [0.3, 0.4) is 0 Å². The van der Waals surface area contributed by atoms with E-state index in [0.29, 0.717) is 22.9 Å². The maximum Gasteiger partial charge on any atom is 0.264 e. The summed E-state index contributed by atoms with van der Waals surface area (Å²) in [5.74, 6) is -0.939. The normalized spacial score (nSPS) is 12.0. The monoisotopic (exact) mass is 633 g/mol. The van der Waals surface area contributed by atoms with Crippen molar-refractivity contribution in [1.82, 2.24) is 10.2 Å². The van der Waals surface area contributed by atoms with Gasteiger partial charge in [0.1, 0.15) is 18.4 Å². The van der Waals surface area contributed by atoms with E-state index in [9.17, 15) is 22.4 Å². The molecule has 0 bridgehead atoms. The van der Waals surface area contributed by atoms with Gasteiger partial charge in [0.15, 0.2) is 11.5 Å². The summed E-state index contributed by atoms with van der Waals surface area (Å²) in [4.78, 5) is 28.6. The van der Waals surface area contributed by atoms with Crippen molar-refractivity contribution in [3.05, 3.63) is 83.1 Å². The highest BCUT2D eigenvalue weighted by Gasteiger charge is 2.34. The van der Waals surface area contributed by atoms with E-state index in [-0.39, 0.29) is 41.1 Å². The lowest BCUT2D eigenvalue weighted by Crippen LogP contribution is -2.52. The van der Waals surface area contributed by atoms with Gasteiger partial charge in [-0.1, -0.05) is 50.6 Å². The van der Waals surface area contributed by atoms with Crippen molar-refractivity contribution in [2.45, 2.75) is 44.7 Å². The Morgan fingerprint density at radius 1 is 0.977 bits per heavy atom. The smallest absolute Gasteiger partial charge is 0.264 e. The number of rotatable bonds is 14. The van der Waals surface area contributed by atoms with Gasteiger partial charge in [0.2, 0.25) is 11.8 Å². The molecule has 0 aliphatic rings. The minimum absolute atomic E-state index is 0.0419. The number of hydrogen-bond donors (Lipinski definition) is 1. The quantitative estimate of drug-likeness (QED) is 0.259. The minimum Gasteiger partial charge on any atom is -0.493 e. The molecule has 0 radical (unpaired) electrons. The van der Waals surface area contributed by atoms with Crippen molar-refractivity contribution < 1.29 is 31.9 Å². The lowest BCUT2D eigenvalue weighted by Gasteiger charge is -2.33. The van der Waals surface area contributed by atoms with Crippen LogP contribution in [0.1, 0.15) is 32.8 Å². The molecule has 2 amide bonds. The fraction of sp³-hybridized carbons (Fsp3) is 0.355. The zero-order valence-electron chi connectivity index (χ0n) is 24.8. The van der Waals surface area contributed by atoms with Crippen molar-refractivity contribution in [2.75, 3.05) is 31.6 Å². The number of carbonyl (C=O) groups excluding carboxylic acids is 2. The molecule has 1 atom stereocenters. The van der Waals surface area contributed by atoms with Crippen molar-refractivity contribution in [3.8, 4) is 11.5 Å². The highest BCUT2D eigenvalue weighted by atomic mass is 35.5. The second kappa shape index (κ2) is 15.1. The molecule has 0 aliphatic carbocycles. The van der Waals surface area contributed by atoms with Gasteiger partial charge in [0.25, 0.3) is 10.0 Å². The SMILES string of the molecule is CC[C@H](C(=O)NCC(C)C)N(Cc1ccccc1Cl)C(=O)CN(c1ccc(F)cc1)S(=O)(=O)c1ccc(OC)c(OC)c1. The van der Waals surface area contributed by atoms with Crippen LogP contribution in [-0.2, 0) is 26.2 Å². The van der Waals surface area contributed by atoms with E-state index in [2.05, 4.69) is 5.32 Å². The van der Waals surface area contributed by atoms with E-state index in [0.717, 1.165) is 16.4 Å². The molecule has 3 aromatic rings. The minimum atomic E-state index is -4.41. The molecule has 0 aromatic heterocycles. The molecule has 12 heteroatoms. The number of sulfonamides is 1. The molecule has 0 aliphatic heterocycles. The highest BCUT2D eigenvalue weighted by molar-refractivity contribution is 7.92. The highest BCUT2D eigenvalue weighted by Crippen LogP contribution is 2.32. The average Bonchev–Trinajstić information content (AvgIpc) is 2.99. The Morgan fingerprint density at radius 3 is 2.21 bits per heavy atom. The second-order valence-electron chi connectivity index (χ2n) is 10.2. The summed E-state index contributed by atoms with van der Waals surface area (Å²) in [7, 11) is -1.61. The van der Waals surface area contributed by atoms with E-state index in [1.807, 2.05) is 13.8 Å².